The molecule has 1 aromatic rings. The molecule has 1 saturated heterocycles. The van der Waals surface area contributed by atoms with E-state index in [0.717, 1.165) is 17.6 Å². The van der Waals surface area contributed by atoms with E-state index < -0.39 is 0 Å². The molecule has 1 aliphatic rings. The Morgan fingerprint density at radius 2 is 2.44 bits per heavy atom. The van der Waals surface area contributed by atoms with Crippen molar-refractivity contribution in [2.24, 2.45) is 11.7 Å². The molecule has 0 spiro atoms. The Bertz CT molecular complexity index is 354. The first-order valence-corrected chi connectivity index (χ1v) is 6.58. The molecule has 2 N–H and O–H groups in total. The summed E-state index contributed by atoms with van der Waals surface area (Å²) in [4.78, 5) is 6.50. The maximum atomic E-state index is 5.99. The van der Waals surface area contributed by atoms with Gasteiger partial charge in [-0.25, -0.2) is 0 Å². The van der Waals surface area contributed by atoms with Gasteiger partial charge < -0.3 is 10.6 Å². The minimum absolute atomic E-state index is 0.281. The summed E-state index contributed by atoms with van der Waals surface area (Å²) in [5.41, 5.74) is 7.23. The van der Waals surface area contributed by atoms with E-state index in [2.05, 4.69) is 38.8 Å². The summed E-state index contributed by atoms with van der Waals surface area (Å²) < 4.78 is 1.07. The molecule has 0 amide bonds. The molecule has 16 heavy (non-hydrogen) atoms. The summed E-state index contributed by atoms with van der Waals surface area (Å²) in [5, 5.41) is 0. The second-order valence-corrected chi connectivity index (χ2v) is 5.39. The summed E-state index contributed by atoms with van der Waals surface area (Å²) in [6.45, 7) is 4.28. The lowest BCUT2D eigenvalue weighted by Gasteiger charge is -2.36. The van der Waals surface area contributed by atoms with E-state index >= 15 is 0 Å². The van der Waals surface area contributed by atoms with Crippen molar-refractivity contribution < 1.29 is 0 Å². The van der Waals surface area contributed by atoms with Crippen LogP contribution in [0.5, 0.6) is 0 Å². The molecular formula is C12H18BrN3. The number of halogens is 1. The van der Waals surface area contributed by atoms with Crippen molar-refractivity contribution in [3.63, 3.8) is 0 Å². The first kappa shape index (κ1) is 11.9. The molecule has 88 valence electrons. The van der Waals surface area contributed by atoms with Crippen LogP contribution in [-0.4, -0.2) is 24.1 Å². The van der Waals surface area contributed by atoms with Crippen molar-refractivity contribution in [1.82, 2.24) is 4.98 Å². The Kier molecular flexibility index (Phi) is 3.82. The van der Waals surface area contributed by atoms with Gasteiger partial charge in [0.2, 0.25) is 0 Å². The third-order valence-electron chi connectivity index (χ3n) is 3.29. The van der Waals surface area contributed by atoms with Gasteiger partial charge in [-0.05, 0) is 47.7 Å². The van der Waals surface area contributed by atoms with Gasteiger partial charge in [0.25, 0.3) is 0 Å². The molecule has 0 radical (unpaired) electrons. The second-order valence-electron chi connectivity index (χ2n) is 4.53. The molecule has 2 atom stereocenters. The summed E-state index contributed by atoms with van der Waals surface area (Å²) in [6.07, 6.45) is 6.16. The lowest BCUT2D eigenvalue weighted by atomic mass is 9.92. The van der Waals surface area contributed by atoms with Crippen molar-refractivity contribution in [3.8, 4) is 0 Å². The fraction of sp³-hybridized carbons (Fsp3) is 0.583. The Hall–Kier alpha value is -0.610. The highest BCUT2D eigenvalue weighted by Gasteiger charge is 2.23. The molecule has 0 saturated carbocycles. The van der Waals surface area contributed by atoms with Gasteiger partial charge in [-0.15, -0.1) is 0 Å². The van der Waals surface area contributed by atoms with Crippen molar-refractivity contribution in [3.05, 3.63) is 22.9 Å². The van der Waals surface area contributed by atoms with E-state index in [1.54, 1.807) is 0 Å². The first-order valence-electron chi connectivity index (χ1n) is 5.78. The number of piperidine rings is 1. The van der Waals surface area contributed by atoms with Gasteiger partial charge in [-0.3, -0.25) is 4.98 Å². The SMILES string of the molecule is CC(N)C1CCCN(c2ccncc2Br)C1. The van der Waals surface area contributed by atoms with Gasteiger partial charge in [0.05, 0.1) is 10.2 Å². The largest absolute Gasteiger partial charge is 0.370 e. The molecule has 0 bridgehead atoms. The summed E-state index contributed by atoms with van der Waals surface area (Å²) in [5.74, 6) is 0.605. The topological polar surface area (TPSA) is 42.1 Å². The van der Waals surface area contributed by atoms with Crippen molar-refractivity contribution >= 4 is 21.6 Å². The predicted molar refractivity (Wildman–Crippen MR) is 70.5 cm³/mol. The number of pyridine rings is 1. The van der Waals surface area contributed by atoms with E-state index in [4.69, 9.17) is 5.73 Å². The second kappa shape index (κ2) is 5.15. The zero-order chi connectivity index (χ0) is 11.5. The number of nitrogens with two attached hydrogens (primary N) is 1. The number of anilines is 1. The number of hydrogen-bond acceptors (Lipinski definition) is 3. The molecule has 2 heterocycles. The third-order valence-corrected chi connectivity index (χ3v) is 3.90. The van der Waals surface area contributed by atoms with Crippen molar-refractivity contribution in [2.45, 2.75) is 25.8 Å². The Morgan fingerprint density at radius 1 is 1.62 bits per heavy atom. The van der Waals surface area contributed by atoms with Crippen molar-refractivity contribution in [2.75, 3.05) is 18.0 Å². The maximum absolute atomic E-state index is 5.99. The molecule has 3 nitrogen and oxygen atoms in total. The van der Waals surface area contributed by atoms with Crippen molar-refractivity contribution in [1.29, 1.82) is 0 Å². The number of nitrogens with zero attached hydrogens (tertiary/aromatic N) is 2. The number of rotatable bonds is 2. The van der Waals surface area contributed by atoms with Crippen LogP contribution in [0.2, 0.25) is 0 Å². The first-order chi connectivity index (χ1) is 7.68. The number of hydrogen-bond donors (Lipinski definition) is 1. The van der Waals surface area contributed by atoms with Gasteiger partial charge in [0.1, 0.15) is 0 Å². The van der Waals surface area contributed by atoms with Crippen LogP contribution in [0, 0.1) is 5.92 Å². The smallest absolute Gasteiger partial charge is 0.0592 e. The molecule has 0 aromatic carbocycles. The molecule has 4 heteroatoms. The monoisotopic (exact) mass is 283 g/mol. The maximum Gasteiger partial charge on any atom is 0.0592 e. The number of aromatic nitrogens is 1. The molecule has 1 aromatic heterocycles. The average Bonchev–Trinajstić information content (AvgIpc) is 2.30. The Morgan fingerprint density at radius 3 is 3.12 bits per heavy atom. The van der Waals surface area contributed by atoms with Crippen LogP contribution in [0.25, 0.3) is 0 Å². The van der Waals surface area contributed by atoms with Gasteiger partial charge in [-0.2, -0.15) is 0 Å². The summed E-state index contributed by atoms with van der Waals surface area (Å²) >= 11 is 3.55. The molecular weight excluding hydrogens is 266 g/mol. The highest BCUT2D eigenvalue weighted by Crippen LogP contribution is 2.29. The third kappa shape index (κ3) is 2.55. The standard InChI is InChI=1S/C12H18BrN3/c1-9(14)10-3-2-6-16(8-10)12-4-5-15-7-11(12)13/h4-5,7,9-10H,2-3,6,8,14H2,1H3. The fourth-order valence-electron chi connectivity index (χ4n) is 2.28. The van der Waals surface area contributed by atoms with Gasteiger partial charge in [0, 0.05) is 31.5 Å². The Labute approximate surface area is 105 Å². The summed E-state index contributed by atoms with van der Waals surface area (Å²) in [6, 6.07) is 2.34. The zero-order valence-corrected chi connectivity index (χ0v) is 11.2. The van der Waals surface area contributed by atoms with Crippen LogP contribution in [0.15, 0.2) is 22.9 Å². The van der Waals surface area contributed by atoms with E-state index in [1.165, 1.54) is 18.5 Å². The highest BCUT2D eigenvalue weighted by atomic mass is 79.9. The lowest BCUT2D eigenvalue weighted by Crippen LogP contribution is -2.42. The lowest BCUT2D eigenvalue weighted by molar-refractivity contribution is 0.364. The van der Waals surface area contributed by atoms with Crippen LogP contribution in [0.3, 0.4) is 0 Å². The quantitative estimate of drug-likeness (QED) is 0.906. The average molecular weight is 284 g/mol. The van der Waals surface area contributed by atoms with Crippen LogP contribution in [0.4, 0.5) is 5.69 Å². The van der Waals surface area contributed by atoms with Gasteiger partial charge in [0.15, 0.2) is 0 Å². The van der Waals surface area contributed by atoms with Crippen LogP contribution >= 0.6 is 15.9 Å². The zero-order valence-electron chi connectivity index (χ0n) is 9.56. The normalized spacial score (nSPS) is 23.2. The van der Waals surface area contributed by atoms with E-state index in [9.17, 15) is 0 Å². The Balaban J connectivity index is 2.13. The molecule has 2 rings (SSSR count). The fourth-order valence-corrected chi connectivity index (χ4v) is 2.78. The van der Waals surface area contributed by atoms with Crippen LogP contribution < -0.4 is 10.6 Å². The minimum atomic E-state index is 0.281. The minimum Gasteiger partial charge on any atom is -0.370 e. The van der Waals surface area contributed by atoms with E-state index in [0.29, 0.717) is 5.92 Å². The highest BCUT2D eigenvalue weighted by molar-refractivity contribution is 9.10. The van der Waals surface area contributed by atoms with Crippen LogP contribution in [0.1, 0.15) is 19.8 Å². The van der Waals surface area contributed by atoms with Crippen LogP contribution in [-0.2, 0) is 0 Å². The molecule has 1 aliphatic heterocycles. The van der Waals surface area contributed by atoms with Gasteiger partial charge >= 0.3 is 0 Å². The molecule has 2 unspecified atom stereocenters. The molecule has 1 fully saturated rings. The predicted octanol–water partition coefficient (Wildman–Crippen LogP) is 2.41. The molecule has 0 aliphatic carbocycles. The van der Waals surface area contributed by atoms with Gasteiger partial charge in [-0.1, -0.05) is 0 Å². The summed E-state index contributed by atoms with van der Waals surface area (Å²) in [7, 11) is 0. The van der Waals surface area contributed by atoms with E-state index in [1.807, 2.05) is 12.4 Å². The van der Waals surface area contributed by atoms with E-state index in [-0.39, 0.29) is 6.04 Å².